The highest BCUT2D eigenvalue weighted by Gasteiger charge is 2.23. The van der Waals surface area contributed by atoms with E-state index in [1.165, 1.54) is 31.2 Å². The molecule has 2 saturated carbocycles. The van der Waals surface area contributed by atoms with Gasteiger partial charge in [-0.25, -0.2) is 0 Å². The SMILES string of the molecule is CN=C(NCCc1ccc(OCC(=O)NC2CC2)cc1)NC1CCCC1.I. The lowest BCUT2D eigenvalue weighted by Gasteiger charge is -2.16. The van der Waals surface area contributed by atoms with Crippen molar-refractivity contribution in [2.24, 2.45) is 4.99 Å². The number of nitrogens with one attached hydrogen (secondary N) is 3. The topological polar surface area (TPSA) is 74.8 Å². The number of nitrogens with zero attached hydrogens (tertiary/aromatic N) is 1. The molecule has 0 atom stereocenters. The number of halogens is 1. The smallest absolute Gasteiger partial charge is 0.258 e. The van der Waals surface area contributed by atoms with E-state index in [2.05, 4.69) is 20.9 Å². The van der Waals surface area contributed by atoms with Crippen molar-refractivity contribution in [1.29, 1.82) is 0 Å². The van der Waals surface area contributed by atoms with Crippen LogP contribution in [0.3, 0.4) is 0 Å². The minimum atomic E-state index is -0.0399. The molecule has 0 radical (unpaired) electrons. The van der Waals surface area contributed by atoms with Gasteiger partial charge in [0.15, 0.2) is 12.6 Å². The molecule has 0 saturated heterocycles. The summed E-state index contributed by atoms with van der Waals surface area (Å²) in [6.07, 6.45) is 8.19. The third-order valence-electron chi connectivity index (χ3n) is 4.86. The van der Waals surface area contributed by atoms with Crippen LogP contribution in [0.1, 0.15) is 44.1 Å². The molecule has 3 rings (SSSR count). The molecule has 2 fully saturated rings. The molecule has 3 N–H and O–H groups in total. The molecule has 2 aliphatic carbocycles. The van der Waals surface area contributed by atoms with Gasteiger partial charge in [-0.2, -0.15) is 0 Å². The maximum absolute atomic E-state index is 11.6. The predicted octanol–water partition coefficient (Wildman–Crippen LogP) is 2.61. The minimum Gasteiger partial charge on any atom is -0.484 e. The van der Waals surface area contributed by atoms with E-state index in [0.29, 0.717) is 12.1 Å². The van der Waals surface area contributed by atoms with Gasteiger partial charge in [-0.05, 0) is 49.8 Å². The maximum Gasteiger partial charge on any atom is 0.258 e. The lowest BCUT2D eigenvalue weighted by molar-refractivity contribution is -0.123. The lowest BCUT2D eigenvalue weighted by Crippen LogP contribution is -2.42. The molecule has 6 nitrogen and oxygen atoms in total. The van der Waals surface area contributed by atoms with E-state index >= 15 is 0 Å². The van der Waals surface area contributed by atoms with E-state index in [1.807, 2.05) is 31.3 Å². The highest BCUT2D eigenvalue weighted by Crippen LogP contribution is 2.19. The van der Waals surface area contributed by atoms with Crippen molar-refractivity contribution in [2.75, 3.05) is 20.2 Å². The monoisotopic (exact) mass is 486 g/mol. The average molecular weight is 486 g/mol. The first-order valence-electron chi connectivity index (χ1n) is 9.71. The van der Waals surface area contributed by atoms with Gasteiger partial charge in [0.25, 0.3) is 5.91 Å². The van der Waals surface area contributed by atoms with Crippen LogP contribution in [-0.2, 0) is 11.2 Å². The number of carbonyl (C=O) groups excluding carboxylic acids is 1. The second kappa shape index (κ2) is 11.4. The Morgan fingerprint density at radius 2 is 1.74 bits per heavy atom. The molecule has 150 valence electrons. The van der Waals surface area contributed by atoms with Gasteiger partial charge in [-0.1, -0.05) is 25.0 Å². The Labute approximate surface area is 178 Å². The Morgan fingerprint density at radius 1 is 1.07 bits per heavy atom. The van der Waals surface area contributed by atoms with E-state index < -0.39 is 0 Å². The van der Waals surface area contributed by atoms with Crippen molar-refractivity contribution in [1.82, 2.24) is 16.0 Å². The highest BCUT2D eigenvalue weighted by atomic mass is 127. The van der Waals surface area contributed by atoms with Crippen LogP contribution in [0.5, 0.6) is 5.75 Å². The molecule has 1 aromatic carbocycles. The van der Waals surface area contributed by atoms with Gasteiger partial charge in [0.2, 0.25) is 0 Å². The van der Waals surface area contributed by atoms with E-state index in [9.17, 15) is 4.79 Å². The zero-order valence-corrected chi connectivity index (χ0v) is 18.3. The fourth-order valence-electron chi connectivity index (χ4n) is 3.18. The fourth-order valence-corrected chi connectivity index (χ4v) is 3.18. The van der Waals surface area contributed by atoms with Gasteiger partial charge in [0.1, 0.15) is 5.75 Å². The number of benzene rings is 1. The van der Waals surface area contributed by atoms with E-state index in [4.69, 9.17) is 4.74 Å². The third-order valence-corrected chi connectivity index (χ3v) is 4.86. The van der Waals surface area contributed by atoms with E-state index in [1.54, 1.807) is 0 Å². The fraction of sp³-hybridized carbons (Fsp3) is 0.600. The second-order valence-corrected chi connectivity index (χ2v) is 7.15. The van der Waals surface area contributed by atoms with Crippen LogP contribution in [0.2, 0.25) is 0 Å². The summed E-state index contributed by atoms with van der Waals surface area (Å²) in [4.78, 5) is 15.9. The Bertz CT molecular complexity index is 611. The summed E-state index contributed by atoms with van der Waals surface area (Å²) in [5.41, 5.74) is 1.23. The molecule has 7 heteroatoms. The zero-order chi connectivity index (χ0) is 18.2. The molecular weight excluding hydrogens is 455 g/mol. The van der Waals surface area contributed by atoms with Crippen molar-refractivity contribution in [2.45, 2.75) is 57.0 Å². The predicted molar refractivity (Wildman–Crippen MR) is 119 cm³/mol. The van der Waals surface area contributed by atoms with Crippen LogP contribution in [-0.4, -0.2) is 44.1 Å². The summed E-state index contributed by atoms with van der Waals surface area (Å²) < 4.78 is 5.53. The summed E-state index contributed by atoms with van der Waals surface area (Å²) in [6.45, 7) is 0.914. The molecule has 0 aromatic heterocycles. The second-order valence-electron chi connectivity index (χ2n) is 7.15. The van der Waals surface area contributed by atoms with Crippen LogP contribution in [0, 0.1) is 0 Å². The molecule has 0 aliphatic heterocycles. The number of aliphatic imine (C=N–C) groups is 1. The largest absolute Gasteiger partial charge is 0.484 e. The standard InChI is InChI=1S/C20H30N4O2.HI/c1-21-20(24-16-4-2-3-5-16)22-13-12-15-6-10-18(11-7-15)26-14-19(25)23-17-8-9-17;/h6-7,10-11,16-17H,2-5,8-9,12-14H2,1H3,(H,23,25)(H2,21,22,24);1H. The summed E-state index contributed by atoms with van der Waals surface area (Å²) in [5.74, 6) is 1.58. The number of rotatable bonds is 8. The quantitative estimate of drug-likeness (QED) is 0.300. The van der Waals surface area contributed by atoms with Crippen LogP contribution in [0.25, 0.3) is 0 Å². The Hall–Kier alpha value is -1.51. The lowest BCUT2D eigenvalue weighted by atomic mass is 10.1. The van der Waals surface area contributed by atoms with Crippen molar-refractivity contribution in [3.05, 3.63) is 29.8 Å². The summed E-state index contributed by atoms with van der Waals surface area (Å²) in [7, 11) is 1.82. The summed E-state index contributed by atoms with van der Waals surface area (Å²) in [6, 6.07) is 8.87. The maximum atomic E-state index is 11.6. The Balaban J connectivity index is 0.00000261. The van der Waals surface area contributed by atoms with Crippen LogP contribution in [0.4, 0.5) is 0 Å². The number of hydrogen-bond acceptors (Lipinski definition) is 3. The van der Waals surface area contributed by atoms with Gasteiger partial charge < -0.3 is 20.7 Å². The molecule has 27 heavy (non-hydrogen) atoms. The van der Waals surface area contributed by atoms with Gasteiger partial charge in [-0.3, -0.25) is 9.79 Å². The number of ether oxygens (including phenoxy) is 1. The Morgan fingerprint density at radius 3 is 2.37 bits per heavy atom. The molecule has 0 unspecified atom stereocenters. The summed E-state index contributed by atoms with van der Waals surface area (Å²) >= 11 is 0. The van der Waals surface area contributed by atoms with Crippen molar-refractivity contribution in [3.63, 3.8) is 0 Å². The molecular formula is C20H31IN4O2. The average Bonchev–Trinajstić information content (AvgIpc) is 3.32. The number of carbonyl (C=O) groups is 1. The first kappa shape index (κ1) is 21.8. The molecule has 0 heterocycles. The van der Waals surface area contributed by atoms with Crippen molar-refractivity contribution in [3.8, 4) is 5.75 Å². The molecule has 0 spiro atoms. The first-order valence-corrected chi connectivity index (χ1v) is 9.71. The zero-order valence-electron chi connectivity index (χ0n) is 16.0. The number of guanidine groups is 1. The van der Waals surface area contributed by atoms with E-state index in [-0.39, 0.29) is 36.5 Å². The Kier molecular flexibility index (Phi) is 9.17. The highest BCUT2D eigenvalue weighted by molar-refractivity contribution is 14.0. The van der Waals surface area contributed by atoms with E-state index in [0.717, 1.165) is 37.5 Å². The van der Waals surface area contributed by atoms with Crippen LogP contribution in [0.15, 0.2) is 29.3 Å². The normalized spacial score (nSPS) is 17.1. The minimum absolute atomic E-state index is 0. The summed E-state index contributed by atoms with van der Waals surface area (Å²) in [5, 5.41) is 9.78. The number of hydrogen-bond donors (Lipinski definition) is 3. The first-order chi connectivity index (χ1) is 12.7. The molecule has 0 bridgehead atoms. The molecule has 1 amide bonds. The van der Waals surface area contributed by atoms with Crippen LogP contribution >= 0.6 is 24.0 Å². The van der Waals surface area contributed by atoms with Gasteiger partial charge in [-0.15, -0.1) is 24.0 Å². The van der Waals surface area contributed by atoms with Crippen LogP contribution < -0.4 is 20.7 Å². The number of amides is 1. The van der Waals surface area contributed by atoms with Gasteiger partial charge in [0.05, 0.1) is 0 Å². The third kappa shape index (κ3) is 7.94. The van der Waals surface area contributed by atoms with Crippen molar-refractivity contribution < 1.29 is 9.53 Å². The molecule has 2 aliphatic rings. The van der Waals surface area contributed by atoms with Gasteiger partial charge in [0, 0.05) is 25.7 Å². The van der Waals surface area contributed by atoms with Crippen molar-refractivity contribution >= 4 is 35.8 Å². The molecule has 1 aromatic rings. The van der Waals surface area contributed by atoms with Gasteiger partial charge >= 0.3 is 0 Å².